The molecule has 0 amide bonds. The fourth-order valence-electron chi connectivity index (χ4n) is 1.97. The van der Waals surface area contributed by atoms with E-state index in [0.29, 0.717) is 5.82 Å². The molecule has 1 aliphatic rings. The van der Waals surface area contributed by atoms with Crippen molar-refractivity contribution in [3.05, 3.63) is 15.1 Å². The minimum atomic E-state index is -0.275. The van der Waals surface area contributed by atoms with Crippen LogP contribution in [-0.4, -0.2) is 17.1 Å². The Bertz CT molecular complexity index is 399. The van der Waals surface area contributed by atoms with E-state index in [1.807, 2.05) is 0 Å². The van der Waals surface area contributed by atoms with Crippen molar-refractivity contribution in [2.24, 2.45) is 0 Å². The SMILES string of the molecule is CCc1nc(C2(OC)CCC2)nc(N)c1I. The summed E-state index contributed by atoms with van der Waals surface area (Å²) in [4.78, 5) is 8.97. The molecular weight excluding hydrogens is 317 g/mol. The first-order chi connectivity index (χ1) is 7.63. The highest BCUT2D eigenvalue weighted by Gasteiger charge is 2.42. The van der Waals surface area contributed by atoms with Crippen molar-refractivity contribution < 1.29 is 4.74 Å². The van der Waals surface area contributed by atoms with Crippen LogP contribution in [0.3, 0.4) is 0 Å². The number of ether oxygens (including phenoxy) is 1. The first-order valence-electron chi connectivity index (χ1n) is 5.50. The van der Waals surface area contributed by atoms with E-state index in [1.165, 1.54) is 6.42 Å². The van der Waals surface area contributed by atoms with Gasteiger partial charge in [0.25, 0.3) is 0 Å². The molecular formula is C11H16IN3O. The lowest BCUT2D eigenvalue weighted by atomic mass is 9.79. The number of nitrogens with zero attached hydrogens (tertiary/aromatic N) is 2. The topological polar surface area (TPSA) is 61.0 Å². The summed E-state index contributed by atoms with van der Waals surface area (Å²) in [7, 11) is 1.72. The van der Waals surface area contributed by atoms with Gasteiger partial charge in [-0.05, 0) is 48.3 Å². The molecule has 0 radical (unpaired) electrons. The molecule has 1 saturated carbocycles. The maximum absolute atomic E-state index is 5.91. The molecule has 0 bridgehead atoms. The van der Waals surface area contributed by atoms with E-state index >= 15 is 0 Å². The molecule has 0 atom stereocenters. The highest BCUT2D eigenvalue weighted by molar-refractivity contribution is 14.1. The van der Waals surface area contributed by atoms with E-state index in [4.69, 9.17) is 10.5 Å². The van der Waals surface area contributed by atoms with Crippen LogP contribution in [0.25, 0.3) is 0 Å². The Hall–Kier alpha value is -0.430. The molecule has 0 spiro atoms. The molecule has 4 nitrogen and oxygen atoms in total. The predicted octanol–water partition coefficient (Wildman–Crippen LogP) is 2.25. The number of aromatic nitrogens is 2. The van der Waals surface area contributed by atoms with Crippen molar-refractivity contribution in [2.45, 2.75) is 38.2 Å². The number of nitrogen functional groups attached to an aromatic ring is 1. The Balaban J connectivity index is 2.45. The molecule has 0 aliphatic heterocycles. The number of methoxy groups -OCH3 is 1. The van der Waals surface area contributed by atoms with Crippen LogP contribution in [0.4, 0.5) is 5.82 Å². The molecule has 1 aliphatic carbocycles. The van der Waals surface area contributed by atoms with Crippen molar-refractivity contribution in [3.8, 4) is 0 Å². The van der Waals surface area contributed by atoms with E-state index in [1.54, 1.807) is 7.11 Å². The average molecular weight is 333 g/mol. The van der Waals surface area contributed by atoms with Crippen LogP contribution in [0.5, 0.6) is 0 Å². The Kier molecular flexibility index (Phi) is 3.34. The molecule has 0 unspecified atom stereocenters. The summed E-state index contributed by atoms with van der Waals surface area (Å²) in [6.45, 7) is 2.08. The molecule has 1 aromatic rings. The van der Waals surface area contributed by atoms with Gasteiger partial charge in [-0.3, -0.25) is 0 Å². The van der Waals surface area contributed by atoms with Crippen LogP contribution in [-0.2, 0) is 16.8 Å². The lowest BCUT2D eigenvalue weighted by Crippen LogP contribution is -2.38. The second-order valence-corrected chi connectivity index (χ2v) is 5.18. The zero-order valence-corrected chi connectivity index (χ0v) is 11.7. The van der Waals surface area contributed by atoms with Crippen LogP contribution in [0.15, 0.2) is 0 Å². The third-order valence-electron chi connectivity index (χ3n) is 3.24. The zero-order valence-electron chi connectivity index (χ0n) is 9.59. The van der Waals surface area contributed by atoms with Crippen molar-refractivity contribution in [1.82, 2.24) is 9.97 Å². The second-order valence-electron chi connectivity index (χ2n) is 4.10. The fourth-order valence-corrected chi connectivity index (χ4v) is 2.59. The second kappa shape index (κ2) is 4.44. The lowest BCUT2D eigenvalue weighted by molar-refractivity contribution is -0.0847. The number of anilines is 1. The zero-order chi connectivity index (χ0) is 11.8. The van der Waals surface area contributed by atoms with Gasteiger partial charge < -0.3 is 10.5 Å². The minimum Gasteiger partial charge on any atom is -0.383 e. The van der Waals surface area contributed by atoms with E-state index in [9.17, 15) is 0 Å². The number of hydrogen-bond acceptors (Lipinski definition) is 4. The molecule has 16 heavy (non-hydrogen) atoms. The molecule has 0 saturated heterocycles. The Labute approximate surface area is 109 Å². The first kappa shape index (κ1) is 12.0. The van der Waals surface area contributed by atoms with Crippen molar-refractivity contribution in [1.29, 1.82) is 0 Å². The third kappa shape index (κ3) is 1.79. The van der Waals surface area contributed by atoms with Gasteiger partial charge in [-0.25, -0.2) is 9.97 Å². The van der Waals surface area contributed by atoms with Crippen molar-refractivity contribution >= 4 is 28.4 Å². The molecule has 88 valence electrons. The van der Waals surface area contributed by atoms with E-state index < -0.39 is 0 Å². The average Bonchev–Trinajstić information content (AvgIpc) is 2.22. The maximum atomic E-state index is 5.91. The third-order valence-corrected chi connectivity index (χ3v) is 4.42. The fraction of sp³-hybridized carbons (Fsp3) is 0.636. The van der Waals surface area contributed by atoms with Gasteiger partial charge in [0.2, 0.25) is 0 Å². The minimum absolute atomic E-state index is 0.275. The Morgan fingerprint density at radius 2 is 2.12 bits per heavy atom. The summed E-state index contributed by atoms with van der Waals surface area (Å²) in [6.07, 6.45) is 4.03. The van der Waals surface area contributed by atoms with Gasteiger partial charge in [0.05, 0.1) is 9.26 Å². The molecule has 5 heteroatoms. The smallest absolute Gasteiger partial charge is 0.162 e. The first-order valence-corrected chi connectivity index (χ1v) is 6.58. The maximum Gasteiger partial charge on any atom is 0.162 e. The highest BCUT2D eigenvalue weighted by Crippen LogP contribution is 2.43. The molecule has 2 N–H and O–H groups in total. The van der Waals surface area contributed by atoms with Crippen molar-refractivity contribution in [2.75, 3.05) is 12.8 Å². The summed E-state index contributed by atoms with van der Waals surface area (Å²) < 4.78 is 6.54. The van der Waals surface area contributed by atoms with Gasteiger partial charge in [0, 0.05) is 7.11 Å². The summed E-state index contributed by atoms with van der Waals surface area (Å²) >= 11 is 2.20. The van der Waals surface area contributed by atoms with Crippen LogP contribution < -0.4 is 5.73 Å². The quantitative estimate of drug-likeness (QED) is 0.862. The van der Waals surface area contributed by atoms with E-state index in [2.05, 4.69) is 39.5 Å². The van der Waals surface area contributed by atoms with Gasteiger partial charge in [0.15, 0.2) is 5.82 Å². The highest BCUT2D eigenvalue weighted by atomic mass is 127. The van der Waals surface area contributed by atoms with Gasteiger partial charge in [-0.1, -0.05) is 6.92 Å². The Morgan fingerprint density at radius 1 is 1.44 bits per heavy atom. The van der Waals surface area contributed by atoms with Gasteiger partial charge in [-0.15, -0.1) is 0 Å². The summed E-state index contributed by atoms with van der Waals surface area (Å²) in [6, 6.07) is 0. The van der Waals surface area contributed by atoms with Gasteiger partial charge >= 0.3 is 0 Å². The molecule has 1 aromatic heterocycles. The summed E-state index contributed by atoms with van der Waals surface area (Å²) in [5.74, 6) is 1.33. The molecule has 0 aromatic carbocycles. The van der Waals surface area contributed by atoms with E-state index in [-0.39, 0.29) is 5.60 Å². The normalized spacial score (nSPS) is 18.2. The Morgan fingerprint density at radius 3 is 2.56 bits per heavy atom. The number of nitrogens with two attached hydrogens (primary N) is 1. The molecule has 1 fully saturated rings. The van der Waals surface area contributed by atoms with Crippen LogP contribution in [0.2, 0.25) is 0 Å². The number of rotatable bonds is 3. The van der Waals surface area contributed by atoms with Crippen LogP contribution in [0.1, 0.15) is 37.7 Å². The summed E-state index contributed by atoms with van der Waals surface area (Å²) in [5, 5.41) is 0. The molecule has 1 heterocycles. The summed E-state index contributed by atoms with van der Waals surface area (Å²) in [5.41, 5.74) is 6.66. The van der Waals surface area contributed by atoms with Gasteiger partial charge in [-0.2, -0.15) is 0 Å². The number of aryl methyl sites for hydroxylation is 1. The van der Waals surface area contributed by atoms with Gasteiger partial charge in [0.1, 0.15) is 11.4 Å². The van der Waals surface area contributed by atoms with Crippen LogP contribution >= 0.6 is 22.6 Å². The van der Waals surface area contributed by atoms with E-state index in [0.717, 1.165) is 34.4 Å². The monoisotopic (exact) mass is 333 g/mol. The largest absolute Gasteiger partial charge is 0.383 e. The lowest BCUT2D eigenvalue weighted by Gasteiger charge is -2.39. The number of hydrogen-bond donors (Lipinski definition) is 1. The standard InChI is InChI=1S/C11H16IN3O/c1-3-7-8(12)9(13)15-10(14-7)11(16-2)5-4-6-11/h3-6H2,1-2H3,(H2,13,14,15). The van der Waals surface area contributed by atoms with Crippen molar-refractivity contribution in [3.63, 3.8) is 0 Å². The number of halogens is 1. The van der Waals surface area contributed by atoms with Crippen LogP contribution in [0, 0.1) is 3.57 Å². The molecule has 2 rings (SSSR count). The predicted molar refractivity (Wildman–Crippen MR) is 71.1 cm³/mol.